The standard InChI is InChI=1S/C10H20N2O/c1-8-6-5-7-10(8,11-2)9(13)12(3)4/h8,11H,5-7H2,1-4H3/t8-,10?/m1/s1. The lowest BCUT2D eigenvalue weighted by atomic mass is 9.87. The summed E-state index contributed by atoms with van der Waals surface area (Å²) in [5.74, 6) is 0.674. The minimum Gasteiger partial charge on any atom is -0.347 e. The Kier molecular flexibility index (Phi) is 2.96. The van der Waals surface area contributed by atoms with E-state index in [0.29, 0.717) is 5.92 Å². The zero-order valence-electron chi connectivity index (χ0n) is 9.05. The van der Waals surface area contributed by atoms with Crippen LogP contribution in [0.5, 0.6) is 0 Å². The Morgan fingerprint density at radius 3 is 2.46 bits per heavy atom. The summed E-state index contributed by atoms with van der Waals surface area (Å²) in [6.45, 7) is 2.16. The van der Waals surface area contributed by atoms with Gasteiger partial charge >= 0.3 is 0 Å². The molecule has 0 radical (unpaired) electrons. The maximum Gasteiger partial charge on any atom is 0.242 e. The molecular formula is C10H20N2O. The molecule has 1 rings (SSSR count). The molecule has 2 atom stereocenters. The highest BCUT2D eigenvalue weighted by Gasteiger charge is 2.46. The van der Waals surface area contributed by atoms with Crippen LogP contribution in [-0.2, 0) is 4.79 Å². The Balaban J connectivity index is 2.86. The number of hydrogen-bond acceptors (Lipinski definition) is 2. The largest absolute Gasteiger partial charge is 0.347 e. The van der Waals surface area contributed by atoms with Crippen molar-refractivity contribution in [3.05, 3.63) is 0 Å². The lowest BCUT2D eigenvalue weighted by molar-refractivity contribution is -0.137. The van der Waals surface area contributed by atoms with Crippen LogP contribution in [0.3, 0.4) is 0 Å². The smallest absolute Gasteiger partial charge is 0.242 e. The van der Waals surface area contributed by atoms with E-state index in [4.69, 9.17) is 0 Å². The molecule has 0 bridgehead atoms. The van der Waals surface area contributed by atoms with Crippen LogP contribution >= 0.6 is 0 Å². The van der Waals surface area contributed by atoms with Crippen LogP contribution in [-0.4, -0.2) is 37.5 Å². The van der Waals surface area contributed by atoms with E-state index in [1.807, 2.05) is 21.1 Å². The molecule has 0 aromatic heterocycles. The molecule has 1 aliphatic carbocycles. The highest BCUT2D eigenvalue weighted by Crippen LogP contribution is 2.36. The summed E-state index contributed by atoms with van der Waals surface area (Å²) in [7, 11) is 5.54. The summed E-state index contributed by atoms with van der Waals surface area (Å²) in [4.78, 5) is 13.7. The van der Waals surface area contributed by atoms with Gasteiger partial charge in [-0.1, -0.05) is 13.3 Å². The number of rotatable bonds is 2. The normalized spacial score (nSPS) is 33.4. The van der Waals surface area contributed by atoms with Gasteiger partial charge in [0.1, 0.15) is 5.54 Å². The molecular weight excluding hydrogens is 164 g/mol. The molecule has 0 aromatic carbocycles. The number of likely N-dealkylation sites (N-methyl/N-ethyl adjacent to an activating group) is 2. The van der Waals surface area contributed by atoms with Crippen LogP contribution in [0.4, 0.5) is 0 Å². The molecule has 0 aliphatic heterocycles. The third kappa shape index (κ3) is 1.57. The molecule has 1 N–H and O–H groups in total. The minimum absolute atomic E-state index is 0.222. The number of carbonyl (C=O) groups excluding carboxylic acids is 1. The van der Waals surface area contributed by atoms with E-state index in [1.54, 1.807) is 4.90 Å². The quantitative estimate of drug-likeness (QED) is 0.690. The van der Waals surface area contributed by atoms with E-state index in [-0.39, 0.29) is 11.4 Å². The van der Waals surface area contributed by atoms with Gasteiger partial charge < -0.3 is 10.2 Å². The predicted molar refractivity (Wildman–Crippen MR) is 53.5 cm³/mol. The topological polar surface area (TPSA) is 32.3 Å². The zero-order valence-corrected chi connectivity index (χ0v) is 9.05. The first-order chi connectivity index (χ1) is 6.04. The van der Waals surface area contributed by atoms with Crippen LogP contribution in [0.1, 0.15) is 26.2 Å². The Labute approximate surface area is 80.5 Å². The lowest BCUT2D eigenvalue weighted by Crippen LogP contribution is -2.56. The molecule has 1 amide bonds. The molecule has 1 saturated carbocycles. The SMILES string of the molecule is CNC1(C(=O)N(C)C)CCC[C@H]1C. The van der Waals surface area contributed by atoms with Crippen molar-refractivity contribution in [2.75, 3.05) is 21.1 Å². The number of amides is 1. The van der Waals surface area contributed by atoms with Gasteiger partial charge in [-0.3, -0.25) is 4.79 Å². The van der Waals surface area contributed by atoms with E-state index in [9.17, 15) is 4.79 Å². The molecule has 0 heterocycles. The second kappa shape index (κ2) is 3.66. The molecule has 0 aromatic rings. The zero-order chi connectivity index (χ0) is 10.1. The van der Waals surface area contributed by atoms with Gasteiger partial charge in [0, 0.05) is 14.1 Å². The Morgan fingerprint density at radius 2 is 2.15 bits per heavy atom. The fourth-order valence-electron chi connectivity index (χ4n) is 2.37. The van der Waals surface area contributed by atoms with E-state index in [0.717, 1.165) is 19.3 Å². The fraction of sp³-hybridized carbons (Fsp3) is 0.900. The molecule has 13 heavy (non-hydrogen) atoms. The van der Waals surface area contributed by atoms with Crippen molar-refractivity contribution in [2.24, 2.45) is 5.92 Å². The molecule has 1 unspecified atom stereocenters. The van der Waals surface area contributed by atoms with Crippen molar-refractivity contribution in [1.29, 1.82) is 0 Å². The minimum atomic E-state index is -0.288. The third-order valence-electron chi connectivity index (χ3n) is 3.28. The second-order valence-electron chi connectivity index (χ2n) is 4.21. The number of hydrogen-bond donors (Lipinski definition) is 1. The van der Waals surface area contributed by atoms with E-state index in [2.05, 4.69) is 12.2 Å². The maximum absolute atomic E-state index is 12.0. The van der Waals surface area contributed by atoms with Crippen molar-refractivity contribution >= 4 is 5.91 Å². The van der Waals surface area contributed by atoms with Crippen LogP contribution in [0.15, 0.2) is 0 Å². The summed E-state index contributed by atoms with van der Waals surface area (Å²) in [5, 5.41) is 3.22. The average Bonchev–Trinajstić information content (AvgIpc) is 2.46. The summed E-state index contributed by atoms with van der Waals surface area (Å²) < 4.78 is 0. The van der Waals surface area contributed by atoms with Crippen LogP contribution in [0.25, 0.3) is 0 Å². The van der Waals surface area contributed by atoms with Gasteiger partial charge in [0.25, 0.3) is 0 Å². The van der Waals surface area contributed by atoms with Gasteiger partial charge in [-0.05, 0) is 25.8 Å². The number of carbonyl (C=O) groups is 1. The summed E-state index contributed by atoms with van der Waals surface area (Å²) in [5.41, 5.74) is -0.288. The monoisotopic (exact) mass is 184 g/mol. The van der Waals surface area contributed by atoms with Crippen molar-refractivity contribution in [2.45, 2.75) is 31.7 Å². The fourth-order valence-corrected chi connectivity index (χ4v) is 2.37. The lowest BCUT2D eigenvalue weighted by Gasteiger charge is -2.34. The first kappa shape index (κ1) is 10.5. The van der Waals surface area contributed by atoms with Crippen LogP contribution < -0.4 is 5.32 Å². The molecule has 3 heteroatoms. The van der Waals surface area contributed by atoms with E-state index in [1.165, 1.54) is 0 Å². The van der Waals surface area contributed by atoms with Crippen molar-refractivity contribution < 1.29 is 4.79 Å². The van der Waals surface area contributed by atoms with Gasteiger partial charge in [0.2, 0.25) is 5.91 Å². The Hall–Kier alpha value is -0.570. The van der Waals surface area contributed by atoms with Gasteiger partial charge in [0.15, 0.2) is 0 Å². The molecule has 3 nitrogen and oxygen atoms in total. The average molecular weight is 184 g/mol. The van der Waals surface area contributed by atoms with E-state index < -0.39 is 0 Å². The second-order valence-corrected chi connectivity index (χ2v) is 4.21. The summed E-state index contributed by atoms with van der Waals surface area (Å²) >= 11 is 0. The van der Waals surface area contributed by atoms with E-state index >= 15 is 0 Å². The van der Waals surface area contributed by atoms with Gasteiger partial charge in [0.05, 0.1) is 0 Å². The van der Waals surface area contributed by atoms with Crippen LogP contribution in [0, 0.1) is 5.92 Å². The first-order valence-corrected chi connectivity index (χ1v) is 4.95. The molecule has 1 fully saturated rings. The predicted octanol–water partition coefficient (Wildman–Crippen LogP) is 0.853. The summed E-state index contributed by atoms with van der Waals surface area (Å²) in [6.07, 6.45) is 3.28. The third-order valence-corrected chi connectivity index (χ3v) is 3.28. The highest BCUT2D eigenvalue weighted by molar-refractivity contribution is 5.86. The molecule has 0 spiro atoms. The molecule has 1 aliphatic rings. The Bertz CT molecular complexity index is 203. The first-order valence-electron chi connectivity index (χ1n) is 4.95. The van der Waals surface area contributed by atoms with Gasteiger partial charge in [-0.25, -0.2) is 0 Å². The van der Waals surface area contributed by atoms with Crippen molar-refractivity contribution in [3.63, 3.8) is 0 Å². The van der Waals surface area contributed by atoms with Crippen LogP contribution in [0.2, 0.25) is 0 Å². The molecule has 76 valence electrons. The molecule has 0 saturated heterocycles. The van der Waals surface area contributed by atoms with Gasteiger partial charge in [-0.2, -0.15) is 0 Å². The Morgan fingerprint density at radius 1 is 1.54 bits per heavy atom. The van der Waals surface area contributed by atoms with Crippen molar-refractivity contribution in [1.82, 2.24) is 10.2 Å². The van der Waals surface area contributed by atoms with Gasteiger partial charge in [-0.15, -0.1) is 0 Å². The number of nitrogens with one attached hydrogen (secondary N) is 1. The number of nitrogens with zero attached hydrogens (tertiary/aromatic N) is 1. The highest BCUT2D eigenvalue weighted by atomic mass is 16.2. The van der Waals surface area contributed by atoms with Crippen molar-refractivity contribution in [3.8, 4) is 0 Å². The maximum atomic E-state index is 12.0. The summed E-state index contributed by atoms with van der Waals surface area (Å²) in [6, 6.07) is 0.